The van der Waals surface area contributed by atoms with Crippen molar-refractivity contribution >= 4 is 12.1 Å². The van der Waals surface area contributed by atoms with E-state index in [2.05, 4.69) is 10.2 Å². The van der Waals surface area contributed by atoms with Crippen molar-refractivity contribution < 1.29 is 19.8 Å². The summed E-state index contributed by atoms with van der Waals surface area (Å²) in [6.45, 7) is 0. The van der Waals surface area contributed by atoms with Crippen LogP contribution in [0.3, 0.4) is 0 Å². The largest absolute Gasteiger partial charge is 0.476 e. The molecule has 0 saturated carbocycles. The highest BCUT2D eigenvalue weighted by molar-refractivity contribution is 5.94. The summed E-state index contributed by atoms with van der Waals surface area (Å²) in [5, 5.41) is 24.5. The fourth-order valence-electron chi connectivity index (χ4n) is 1.19. The maximum absolute atomic E-state index is 10.7. The lowest BCUT2D eigenvalue weighted by Gasteiger charge is -2.02. The van der Waals surface area contributed by atoms with Crippen LogP contribution in [0, 0.1) is 0 Å². The van der Waals surface area contributed by atoms with Gasteiger partial charge in [0.05, 0.1) is 11.3 Å². The van der Waals surface area contributed by atoms with E-state index in [1.807, 2.05) is 0 Å². The third kappa shape index (κ3) is 1.39. The SMILES string of the molecule is O=C(O)c1nnc2ccn(C(=O)O)cc1-2. The molecule has 7 nitrogen and oxygen atoms in total. The molecule has 0 unspecified atom stereocenters. The van der Waals surface area contributed by atoms with Gasteiger partial charge in [0.2, 0.25) is 0 Å². The van der Waals surface area contributed by atoms with Crippen molar-refractivity contribution in [3.8, 4) is 11.3 Å². The minimum absolute atomic E-state index is 0.201. The first-order chi connectivity index (χ1) is 7.09. The van der Waals surface area contributed by atoms with Gasteiger partial charge < -0.3 is 10.2 Å². The van der Waals surface area contributed by atoms with Crippen molar-refractivity contribution in [2.75, 3.05) is 0 Å². The number of fused-ring (bicyclic) bond motifs is 1. The number of nitrogens with zero attached hydrogens (tertiary/aromatic N) is 3. The van der Waals surface area contributed by atoms with Crippen LogP contribution in [-0.2, 0) is 0 Å². The van der Waals surface area contributed by atoms with Gasteiger partial charge in [0, 0.05) is 12.4 Å². The molecule has 0 aromatic heterocycles. The number of hydrogen-bond donors (Lipinski definition) is 2. The average molecular weight is 207 g/mol. The molecule has 0 bridgehead atoms. The van der Waals surface area contributed by atoms with E-state index in [4.69, 9.17) is 10.2 Å². The van der Waals surface area contributed by atoms with Gasteiger partial charge in [0.15, 0.2) is 5.69 Å². The van der Waals surface area contributed by atoms with E-state index in [0.717, 1.165) is 4.57 Å². The second-order valence-electron chi connectivity index (χ2n) is 2.79. The summed E-state index contributed by atoms with van der Waals surface area (Å²) in [6, 6.07) is 1.39. The minimum atomic E-state index is -1.24. The molecule has 7 heteroatoms. The molecule has 0 aromatic rings. The Kier molecular flexibility index (Phi) is 1.86. The van der Waals surface area contributed by atoms with Crippen molar-refractivity contribution in [2.45, 2.75) is 0 Å². The van der Waals surface area contributed by atoms with Crippen molar-refractivity contribution in [1.82, 2.24) is 14.8 Å². The molecule has 0 spiro atoms. The van der Waals surface area contributed by atoms with Gasteiger partial charge in [0.25, 0.3) is 0 Å². The van der Waals surface area contributed by atoms with Crippen molar-refractivity contribution in [1.29, 1.82) is 0 Å². The van der Waals surface area contributed by atoms with Crippen LogP contribution in [0.15, 0.2) is 18.5 Å². The maximum Gasteiger partial charge on any atom is 0.415 e. The summed E-state index contributed by atoms with van der Waals surface area (Å²) >= 11 is 0. The Balaban J connectivity index is 2.66. The average Bonchev–Trinajstić information content (AvgIpc) is 2.59. The molecule has 0 aliphatic carbocycles. The number of pyridine rings is 1. The van der Waals surface area contributed by atoms with Gasteiger partial charge in [-0.25, -0.2) is 9.59 Å². The first-order valence-corrected chi connectivity index (χ1v) is 3.90. The zero-order chi connectivity index (χ0) is 11.0. The van der Waals surface area contributed by atoms with E-state index in [0.29, 0.717) is 5.69 Å². The van der Waals surface area contributed by atoms with Crippen molar-refractivity contribution in [2.24, 2.45) is 0 Å². The van der Waals surface area contributed by atoms with Crippen LogP contribution in [-0.4, -0.2) is 37.0 Å². The molecule has 2 heterocycles. The summed E-state index contributed by atoms with van der Waals surface area (Å²) in [5.41, 5.74) is 0.304. The lowest BCUT2D eigenvalue weighted by molar-refractivity contribution is 0.0691. The number of carboxylic acids is 1. The van der Waals surface area contributed by atoms with Gasteiger partial charge in [-0.05, 0) is 6.07 Å². The first kappa shape index (κ1) is 9.13. The Morgan fingerprint density at radius 2 is 2.00 bits per heavy atom. The first-order valence-electron chi connectivity index (χ1n) is 3.90. The van der Waals surface area contributed by atoms with Crippen LogP contribution in [0.5, 0.6) is 0 Å². The van der Waals surface area contributed by atoms with Gasteiger partial charge in [-0.2, -0.15) is 0 Å². The molecule has 2 rings (SSSR count). The van der Waals surface area contributed by atoms with Crippen LogP contribution in [0.25, 0.3) is 11.3 Å². The third-order valence-corrected chi connectivity index (χ3v) is 1.87. The summed E-state index contributed by atoms with van der Waals surface area (Å²) in [5.74, 6) is -1.24. The Morgan fingerprint density at radius 3 is 2.60 bits per heavy atom. The van der Waals surface area contributed by atoms with E-state index in [-0.39, 0.29) is 11.3 Å². The van der Waals surface area contributed by atoms with Crippen molar-refractivity contribution in [3.63, 3.8) is 0 Å². The smallest absolute Gasteiger partial charge is 0.415 e. The van der Waals surface area contributed by atoms with E-state index in [1.165, 1.54) is 18.5 Å². The lowest BCUT2D eigenvalue weighted by Crippen LogP contribution is -2.08. The second-order valence-corrected chi connectivity index (χ2v) is 2.79. The summed E-state index contributed by atoms with van der Waals surface area (Å²) in [7, 11) is 0. The molecule has 0 saturated heterocycles. The normalized spacial score (nSPS) is 10.4. The molecule has 0 aromatic carbocycles. The molecule has 2 aliphatic rings. The molecular formula is C8H5N3O4. The van der Waals surface area contributed by atoms with E-state index < -0.39 is 12.1 Å². The van der Waals surface area contributed by atoms with Gasteiger partial charge in [-0.1, -0.05) is 0 Å². The standard InChI is InChI=1S/C8H5N3O4/c12-7(13)6-4-3-11(8(14)15)2-1-5(4)9-10-6/h1-3H,(H,12,13)(H,14,15). The fourth-order valence-corrected chi connectivity index (χ4v) is 1.19. The highest BCUT2D eigenvalue weighted by atomic mass is 16.4. The Labute approximate surface area is 82.9 Å². The second kappa shape index (κ2) is 3.05. The minimum Gasteiger partial charge on any atom is -0.476 e. The fraction of sp³-hybridized carbons (Fsp3) is 0. The molecule has 0 radical (unpaired) electrons. The number of hydrogen-bond acceptors (Lipinski definition) is 4. The maximum atomic E-state index is 10.7. The topological polar surface area (TPSA) is 105 Å². The summed E-state index contributed by atoms with van der Waals surface area (Å²) in [6.07, 6.45) is 1.24. The Morgan fingerprint density at radius 1 is 1.27 bits per heavy atom. The molecule has 15 heavy (non-hydrogen) atoms. The third-order valence-electron chi connectivity index (χ3n) is 1.87. The molecule has 0 amide bonds. The molecule has 0 fully saturated rings. The highest BCUT2D eigenvalue weighted by Crippen LogP contribution is 2.21. The summed E-state index contributed by atoms with van der Waals surface area (Å²) in [4.78, 5) is 21.3. The lowest BCUT2D eigenvalue weighted by atomic mass is 10.2. The number of aromatic nitrogens is 3. The van der Waals surface area contributed by atoms with Crippen molar-refractivity contribution in [3.05, 3.63) is 24.2 Å². The van der Waals surface area contributed by atoms with Gasteiger partial charge in [-0.15, -0.1) is 10.2 Å². The number of aromatic carboxylic acids is 1. The van der Waals surface area contributed by atoms with E-state index >= 15 is 0 Å². The Bertz CT molecular complexity index is 519. The Hall–Kier alpha value is -2.44. The molecular weight excluding hydrogens is 202 g/mol. The van der Waals surface area contributed by atoms with Gasteiger partial charge >= 0.3 is 12.1 Å². The highest BCUT2D eigenvalue weighted by Gasteiger charge is 2.19. The van der Waals surface area contributed by atoms with Crippen LogP contribution in [0.4, 0.5) is 4.79 Å². The van der Waals surface area contributed by atoms with Crippen LogP contribution >= 0.6 is 0 Å². The zero-order valence-electron chi connectivity index (χ0n) is 7.28. The van der Waals surface area contributed by atoms with E-state index in [1.54, 1.807) is 0 Å². The van der Waals surface area contributed by atoms with E-state index in [9.17, 15) is 9.59 Å². The molecule has 0 atom stereocenters. The quantitative estimate of drug-likeness (QED) is 0.709. The number of rotatable bonds is 1. The predicted octanol–water partition coefficient (Wildman–Crippen LogP) is 0.607. The number of carboxylic acid groups (broad SMARTS) is 2. The van der Waals surface area contributed by atoms with Crippen LogP contribution in [0.1, 0.15) is 10.5 Å². The summed E-state index contributed by atoms with van der Waals surface area (Å²) < 4.78 is 0.845. The van der Waals surface area contributed by atoms with Crippen LogP contribution < -0.4 is 0 Å². The van der Waals surface area contributed by atoms with Gasteiger partial charge in [0.1, 0.15) is 0 Å². The predicted molar refractivity (Wildman–Crippen MR) is 47.0 cm³/mol. The molecule has 2 aliphatic heterocycles. The zero-order valence-corrected chi connectivity index (χ0v) is 7.28. The van der Waals surface area contributed by atoms with Gasteiger partial charge in [-0.3, -0.25) is 4.57 Å². The monoisotopic (exact) mass is 207 g/mol. The van der Waals surface area contributed by atoms with Crippen LogP contribution in [0.2, 0.25) is 0 Å². The number of carbonyl (C=O) groups is 2. The molecule has 2 N–H and O–H groups in total. The molecule has 76 valence electrons.